The van der Waals surface area contributed by atoms with Crippen LogP contribution in [0.3, 0.4) is 0 Å². The Balaban J connectivity index is 2.01. The lowest BCUT2D eigenvalue weighted by molar-refractivity contribution is -0.159. The quantitative estimate of drug-likeness (QED) is 0.668. The minimum Gasteiger partial charge on any atom is -0.470 e. The highest BCUT2D eigenvalue weighted by molar-refractivity contribution is 5.90. The van der Waals surface area contributed by atoms with Crippen molar-refractivity contribution in [2.24, 2.45) is 5.41 Å². The highest BCUT2D eigenvalue weighted by atomic mass is 16.6. The zero-order chi connectivity index (χ0) is 17.3. The van der Waals surface area contributed by atoms with Gasteiger partial charge in [0.2, 0.25) is 5.91 Å². The summed E-state index contributed by atoms with van der Waals surface area (Å²) in [6, 6.07) is 6.77. The van der Waals surface area contributed by atoms with Crippen LogP contribution in [0.15, 0.2) is 24.3 Å². The minimum atomic E-state index is -0.523. The second-order valence-electron chi connectivity index (χ2n) is 7.17. The number of nitrogens with one attached hydrogen (secondary N) is 1. The van der Waals surface area contributed by atoms with Gasteiger partial charge >= 0.3 is 5.97 Å². The summed E-state index contributed by atoms with van der Waals surface area (Å²) in [5.41, 5.74) is -0.538. The van der Waals surface area contributed by atoms with Crippen LogP contribution in [0.1, 0.15) is 57.8 Å². The van der Waals surface area contributed by atoms with Gasteiger partial charge in [0.1, 0.15) is 16.8 Å². The molecule has 1 amide bonds. The Hall–Kier alpha value is -2.04. The van der Waals surface area contributed by atoms with E-state index in [0.29, 0.717) is 11.3 Å². The van der Waals surface area contributed by atoms with Crippen LogP contribution in [0.4, 0.5) is 0 Å². The molecule has 0 aromatic heterocycles. The van der Waals surface area contributed by atoms with E-state index in [-0.39, 0.29) is 18.1 Å². The Labute approximate surface area is 137 Å². The van der Waals surface area contributed by atoms with E-state index < -0.39 is 11.0 Å². The summed E-state index contributed by atoms with van der Waals surface area (Å²) in [4.78, 5) is 23.7. The van der Waals surface area contributed by atoms with Crippen molar-refractivity contribution in [1.29, 1.82) is 0 Å². The molecule has 1 aliphatic heterocycles. The van der Waals surface area contributed by atoms with E-state index in [1.165, 1.54) is 0 Å². The molecule has 126 valence electrons. The van der Waals surface area contributed by atoms with Crippen LogP contribution in [-0.4, -0.2) is 23.7 Å². The number of ether oxygens (including phenoxy) is 2. The first-order chi connectivity index (χ1) is 10.7. The van der Waals surface area contributed by atoms with Crippen LogP contribution in [-0.2, 0) is 9.53 Å². The Morgan fingerprint density at radius 3 is 2.35 bits per heavy atom. The molecule has 0 aliphatic carbocycles. The van der Waals surface area contributed by atoms with Gasteiger partial charge in [-0.1, -0.05) is 13.3 Å². The molecule has 2 rings (SSSR count). The van der Waals surface area contributed by atoms with E-state index >= 15 is 0 Å². The molecule has 0 saturated carbocycles. The van der Waals surface area contributed by atoms with Crippen LogP contribution in [0.2, 0.25) is 0 Å². The standard InChI is InChI=1S/C18H25NO4/c1-6-11-18(5)15(21)19-16(18)22-13-9-7-12(8-10-13)14(20)23-17(2,3)4/h7-10,16H,6,11H2,1-5H3,(H,19,21)/t16-,18-/m0/s1. The predicted octanol–water partition coefficient (Wildman–Crippen LogP) is 3.28. The molecule has 5 heteroatoms. The molecule has 2 atom stereocenters. The van der Waals surface area contributed by atoms with Crippen molar-refractivity contribution in [1.82, 2.24) is 5.32 Å². The minimum absolute atomic E-state index is 0.0229. The molecule has 1 N–H and O–H groups in total. The fourth-order valence-corrected chi connectivity index (χ4v) is 2.55. The molecule has 0 unspecified atom stereocenters. The lowest BCUT2D eigenvalue weighted by Gasteiger charge is -2.45. The second kappa shape index (κ2) is 6.22. The zero-order valence-electron chi connectivity index (χ0n) is 14.4. The topological polar surface area (TPSA) is 64.6 Å². The maximum absolute atomic E-state index is 12.0. The van der Waals surface area contributed by atoms with E-state index in [4.69, 9.17) is 9.47 Å². The van der Waals surface area contributed by atoms with Crippen LogP contribution >= 0.6 is 0 Å². The van der Waals surface area contributed by atoms with Crippen molar-refractivity contribution in [2.75, 3.05) is 0 Å². The van der Waals surface area contributed by atoms with Crippen molar-refractivity contribution in [3.63, 3.8) is 0 Å². The summed E-state index contributed by atoms with van der Waals surface area (Å²) < 4.78 is 11.2. The highest BCUT2D eigenvalue weighted by Gasteiger charge is 2.52. The van der Waals surface area contributed by atoms with E-state index in [9.17, 15) is 9.59 Å². The second-order valence-corrected chi connectivity index (χ2v) is 7.17. The first-order valence-electron chi connectivity index (χ1n) is 7.97. The van der Waals surface area contributed by atoms with E-state index in [0.717, 1.165) is 12.8 Å². The van der Waals surface area contributed by atoms with Gasteiger partial charge in [0.25, 0.3) is 0 Å². The summed E-state index contributed by atoms with van der Waals surface area (Å²) in [5, 5.41) is 2.78. The summed E-state index contributed by atoms with van der Waals surface area (Å²) in [5.74, 6) is 0.274. The van der Waals surface area contributed by atoms with Crippen LogP contribution in [0.5, 0.6) is 5.75 Å². The maximum Gasteiger partial charge on any atom is 0.338 e. The van der Waals surface area contributed by atoms with Crippen molar-refractivity contribution in [2.45, 2.75) is 59.3 Å². The molecule has 1 heterocycles. The monoisotopic (exact) mass is 319 g/mol. The van der Waals surface area contributed by atoms with Gasteiger partial charge in [-0.25, -0.2) is 4.79 Å². The van der Waals surface area contributed by atoms with Gasteiger partial charge in [-0.3, -0.25) is 4.79 Å². The normalized spacial score (nSPS) is 23.7. The third-order valence-corrected chi connectivity index (χ3v) is 3.87. The summed E-state index contributed by atoms with van der Waals surface area (Å²) in [6.45, 7) is 9.45. The molecule has 1 saturated heterocycles. The van der Waals surface area contributed by atoms with Gasteiger partial charge in [-0.2, -0.15) is 0 Å². The fraction of sp³-hybridized carbons (Fsp3) is 0.556. The number of carbonyl (C=O) groups is 2. The van der Waals surface area contributed by atoms with E-state index in [1.54, 1.807) is 24.3 Å². The number of rotatable bonds is 5. The number of carbonyl (C=O) groups excluding carboxylic acids is 2. The SMILES string of the molecule is CCC[C@@]1(C)C(=O)N[C@H]1Oc1ccc(C(=O)OC(C)(C)C)cc1. The first-order valence-corrected chi connectivity index (χ1v) is 7.97. The average molecular weight is 319 g/mol. The number of esters is 1. The Morgan fingerprint density at radius 2 is 1.87 bits per heavy atom. The summed E-state index contributed by atoms with van der Waals surface area (Å²) in [7, 11) is 0. The molecule has 0 bridgehead atoms. The summed E-state index contributed by atoms with van der Waals surface area (Å²) in [6.07, 6.45) is 1.36. The molecule has 0 spiro atoms. The van der Waals surface area contributed by atoms with Gasteiger partial charge in [0, 0.05) is 0 Å². The maximum atomic E-state index is 12.0. The van der Waals surface area contributed by atoms with E-state index in [1.807, 2.05) is 34.6 Å². The third-order valence-electron chi connectivity index (χ3n) is 3.87. The Morgan fingerprint density at radius 1 is 1.26 bits per heavy atom. The molecule has 0 radical (unpaired) electrons. The van der Waals surface area contributed by atoms with Gasteiger partial charge in [-0.15, -0.1) is 0 Å². The lowest BCUT2D eigenvalue weighted by atomic mass is 9.76. The number of benzene rings is 1. The van der Waals surface area contributed by atoms with Gasteiger partial charge < -0.3 is 14.8 Å². The number of β-lactam (4-membered cyclic amide) rings is 1. The lowest BCUT2D eigenvalue weighted by Crippen LogP contribution is -2.68. The van der Waals surface area contributed by atoms with Crippen molar-refractivity contribution in [3.05, 3.63) is 29.8 Å². The van der Waals surface area contributed by atoms with Crippen molar-refractivity contribution >= 4 is 11.9 Å². The number of amides is 1. The van der Waals surface area contributed by atoms with Gasteiger partial charge in [0.15, 0.2) is 6.23 Å². The average Bonchev–Trinajstić information content (AvgIpc) is 2.46. The number of hydrogen-bond donors (Lipinski definition) is 1. The largest absolute Gasteiger partial charge is 0.470 e. The van der Waals surface area contributed by atoms with Crippen molar-refractivity contribution in [3.8, 4) is 5.75 Å². The molecule has 5 nitrogen and oxygen atoms in total. The molecule has 1 aromatic rings. The third kappa shape index (κ3) is 3.84. The predicted molar refractivity (Wildman–Crippen MR) is 87.2 cm³/mol. The molecular formula is C18H25NO4. The van der Waals surface area contributed by atoms with Crippen molar-refractivity contribution < 1.29 is 19.1 Å². The van der Waals surface area contributed by atoms with Crippen LogP contribution in [0, 0.1) is 5.41 Å². The van der Waals surface area contributed by atoms with Gasteiger partial charge in [-0.05, 0) is 58.4 Å². The fourth-order valence-electron chi connectivity index (χ4n) is 2.55. The Kier molecular flexibility index (Phi) is 4.68. The highest BCUT2D eigenvalue weighted by Crippen LogP contribution is 2.36. The van der Waals surface area contributed by atoms with Crippen LogP contribution < -0.4 is 10.1 Å². The number of hydrogen-bond acceptors (Lipinski definition) is 4. The zero-order valence-corrected chi connectivity index (χ0v) is 14.4. The first kappa shape index (κ1) is 17.3. The smallest absolute Gasteiger partial charge is 0.338 e. The molecule has 1 aromatic carbocycles. The summed E-state index contributed by atoms with van der Waals surface area (Å²) >= 11 is 0. The molecule has 1 aliphatic rings. The molecular weight excluding hydrogens is 294 g/mol. The molecule has 1 fully saturated rings. The van der Waals surface area contributed by atoms with Gasteiger partial charge in [0.05, 0.1) is 5.56 Å². The van der Waals surface area contributed by atoms with Crippen LogP contribution in [0.25, 0.3) is 0 Å². The van der Waals surface area contributed by atoms with E-state index in [2.05, 4.69) is 5.32 Å². The Bertz CT molecular complexity index is 588. The molecule has 23 heavy (non-hydrogen) atoms.